The number of hydrogen-bond donors (Lipinski definition) is 2. The third-order valence-electron chi connectivity index (χ3n) is 7.63. The van der Waals surface area contributed by atoms with Crippen LogP contribution in [0.2, 0.25) is 0 Å². The second-order valence-corrected chi connectivity index (χ2v) is 10.2. The van der Waals surface area contributed by atoms with Crippen LogP contribution in [-0.4, -0.2) is 81.6 Å². The van der Waals surface area contributed by atoms with Crippen LogP contribution < -0.4 is 0 Å². The Morgan fingerprint density at radius 1 is 1.03 bits per heavy atom. The summed E-state index contributed by atoms with van der Waals surface area (Å²) in [5, 5.41) is 19.6. The van der Waals surface area contributed by atoms with Crippen LogP contribution in [0, 0.1) is 5.92 Å². The Labute approximate surface area is 213 Å². The van der Waals surface area contributed by atoms with E-state index in [4.69, 9.17) is 0 Å². The van der Waals surface area contributed by atoms with Gasteiger partial charge in [-0.25, -0.2) is 0 Å². The Morgan fingerprint density at radius 3 is 2.33 bits per heavy atom. The lowest BCUT2D eigenvalue weighted by Gasteiger charge is -2.47. The summed E-state index contributed by atoms with van der Waals surface area (Å²) in [5.41, 5.74) is 2.60. The van der Waals surface area contributed by atoms with E-state index in [0.29, 0.717) is 37.5 Å². The first kappa shape index (κ1) is 25.9. The van der Waals surface area contributed by atoms with E-state index in [0.717, 1.165) is 30.8 Å². The predicted octanol–water partition coefficient (Wildman–Crippen LogP) is 4.00. The summed E-state index contributed by atoms with van der Waals surface area (Å²) in [7, 11) is 0. The molecule has 0 aliphatic carbocycles. The summed E-state index contributed by atoms with van der Waals surface area (Å²) in [6.07, 6.45) is 2.91. The monoisotopic (exact) mass is 491 g/mol. The van der Waals surface area contributed by atoms with Crippen LogP contribution in [0.4, 0.5) is 0 Å². The van der Waals surface area contributed by atoms with Crippen molar-refractivity contribution in [3.63, 3.8) is 0 Å². The number of likely N-dealkylation sites (tertiary alicyclic amines) is 1. The zero-order valence-electron chi connectivity index (χ0n) is 21.2. The van der Waals surface area contributed by atoms with Crippen molar-refractivity contribution in [2.75, 3.05) is 32.7 Å². The van der Waals surface area contributed by atoms with Gasteiger partial charge in [0.25, 0.3) is 5.91 Å². The number of benzene rings is 2. The van der Waals surface area contributed by atoms with Gasteiger partial charge in [0.05, 0.1) is 12.0 Å². The Hall–Kier alpha value is -3.16. The zero-order valence-corrected chi connectivity index (χ0v) is 21.2. The minimum atomic E-state index is -0.783. The van der Waals surface area contributed by atoms with Crippen LogP contribution >= 0.6 is 0 Å². The average Bonchev–Trinajstić information content (AvgIpc) is 2.87. The highest BCUT2D eigenvalue weighted by atomic mass is 16.4. The number of carbonyl (C=O) groups is 2. The highest BCUT2D eigenvalue weighted by molar-refractivity contribution is 5.94. The predicted molar refractivity (Wildman–Crippen MR) is 140 cm³/mol. The molecule has 7 nitrogen and oxygen atoms in total. The molecule has 0 unspecified atom stereocenters. The van der Waals surface area contributed by atoms with Crippen molar-refractivity contribution in [3.05, 3.63) is 77.9 Å². The average molecular weight is 492 g/mol. The molecule has 2 fully saturated rings. The quantitative estimate of drug-likeness (QED) is 0.570. The van der Waals surface area contributed by atoms with Crippen molar-refractivity contribution in [2.45, 2.75) is 44.8 Å². The molecule has 0 radical (unpaired) electrons. The third-order valence-corrected chi connectivity index (χ3v) is 7.63. The van der Waals surface area contributed by atoms with Crippen LogP contribution in [0.3, 0.4) is 0 Å². The number of nitrogens with zero attached hydrogens (tertiary/aromatic N) is 3. The fourth-order valence-corrected chi connectivity index (χ4v) is 5.63. The number of piperidine rings is 1. The van der Waals surface area contributed by atoms with Gasteiger partial charge in [-0.3, -0.25) is 19.4 Å². The van der Waals surface area contributed by atoms with E-state index in [1.54, 1.807) is 11.0 Å². The zero-order chi connectivity index (χ0) is 25.8. The summed E-state index contributed by atoms with van der Waals surface area (Å²) in [5.74, 6) is -1.00. The molecule has 0 aromatic heterocycles. The lowest BCUT2D eigenvalue weighted by atomic mass is 9.92. The number of aromatic hydroxyl groups is 1. The molecule has 7 heteroatoms. The molecule has 0 spiro atoms. The van der Waals surface area contributed by atoms with Crippen molar-refractivity contribution in [1.29, 1.82) is 0 Å². The number of aliphatic carboxylic acids is 1. The summed E-state index contributed by atoms with van der Waals surface area (Å²) < 4.78 is 0. The first-order valence-corrected chi connectivity index (χ1v) is 12.8. The summed E-state index contributed by atoms with van der Waals surface area (Å²) in [6, 6.07) is 15.6. The lowest BCUT2D eigenvalue weighted by molar-refractivity contribution is -0.143. The molecule has 192 valence electrons. The van der Waals surface area contributed by atoms with Crippen LogP contribution in [0.5, 0.6) is 5.75 Å². The molecule has 2 aliphatic rings. The van der Waals surface area contributed by atoms with Crippen molar-refractivity contribution < 1.29 is 19.8 Å². The maximum Gasteiger partial charge on any atom is 0.306 e. The smallest absolute Gasteiger partial charge is 0.306 e. The van der Waals surface area contributed by atoms with E-state index in [1.807, 2.05) is 42.5 Å². The fourth-order valence-electron chi connectivity index (χ4n) is 5.63. The molecule has 2 aliphatic heterocycles. The fraction of sp³-hybridized carbons (Fsp3) is 0.448. The van der Waals surface area contributed by atoms with Gasteiger partial charge in [0, 0.05) is 50.4 Å². The highest BCUT2D eigenvalue weighted by Gasteiger charge is 2.35. The maximum absolute atomic E-state index is 13.4. The van der Waals surface area contributed by atoms with Crippen LogP contribution in [-0.2, 0) is 4.79 Å². The Kier molecular flexibility index (Phi) is 8.11. The van der Waals surface area contributed by atoms with Crippen LogP contribution in [0.1, 0.15) is 54.2 Å². The van der Waals surface area contributed by atoms with Gasteiger partial charge in [0.1, 0.15) is 5.75 Å². The number of piperazine rings is 1. The second-order valence-electron chi connectivity index (χ2n) is 10.2. The molecular formula is C29H37N3O4. The molecule has 2 saturated heterocycles. The normalized spacial score (nSPS) is 22.8. The Bertz CT molecular complexity index is 1100. The Morgan fingerprint density at radius 2 is 1.69 bits per heavy atom. The minimum Gasteiger partial charge on any atom is -0.508 e. The van der Waals surface area contributed by atoms with E-state index in [9.17, 15) is 19.8 Å². The molecule has 2 aromatic rings. The molecule has 1 amide bonds. The number of carboxylic acid groups (broad SMARTS) is 1. The topological polar surface area (TPSA) is 84.3 Å². The summed E-state index contributed by atoms with van der Waals surface area (Å²) in [4.78, 5) is 31.3. The Balaban J connectivity index is 1.64. The molecule has 4 rings (SSSR count). The summed E-state index contributed by atoms with van der Waals surface area (Å²) in [6.45, 7) is 11.8. The van der Waals surface area contributed by atoms with E-state index in [-0.39, 0.29) is 29.7 Å². The van der Waals surface area contributed by atoms with Crippen LogP contribution in [0.15, 0.2) is 61.2 Å². The molecule has 2 N–H and O–H groups in total. The SMILES string of the molecule is C=CCN1C[C@H](C)N([C@@H](c2cccc(O)c2)c2cccc(C(=O)N3CCC(C(=O)O)CC3)c2)C[C@H]1C. The van der Waals surface area contributed by atoms with Gasteiger partial charge in [0.15, 0.2) is 0 Å². The van der Waals surface area contributed by atoms with Crippen LogP contribution in [0.25, 0.3) is 0 Å². The first-order chi connectivity index (χ1) is 17.3. The summed E-state index contributed by atoms with van der Waals surface area (Å²) >= 11 is 0. The third kappa shape index (κ3) is 5.63. The largest absolute Gasteiger partial charge is 0.508 e. The molecule has 36 heavy (non-hydrogen) atoms. The van der Waals surface area contributed by atoms with Gasteiger partial charge in [-0.1, -0.05) is 30.3 Å². The molecule has 2 aromatic carbocycles. The number of phenols is 1. The van der Waals surface area contributed by atoms with E-state index in [2.05, 4.69) is 36.3 Å². The van der Waals surface area contributed by atoms with Gasteiger partial charge >= 0.3 is 5.97 Å². The first-order valence-electron chi connectivity index (χ1n) is 12.8. The molecule has 0 bridgehead atoms. The van der Waals surface area contributed by atoms with E-state index >= 15 is 0 Å². The van der Waals surface area contributed by atoms with Crippen molar-refractivity contribution in [2.24, 2.45) is 5.92 Å². The second kappa shape index (κ2) is 11.3. The van der Waals surface area contributed by atoms with Crippen molar-refractivity contribution >= 4 is 11.9 Å². The van der Waals surface area contributed by atoms with E-state index < -0.39 is 5.97 Å². The number of carbonyl (C=O) groups excluding carboxylic acids is 1. The molecule has 0 saturated carbocycles. The van der Waals surface area contributed by atoms with Gasteiger partial charge < -0.3 is 15.1 Å². The number of amides is 1. The van der Waals surface area contributed by atoms with Crippen molar-refractivity contribution in [3.8, 4) is 5.75 Å². The number of carboxylic acids is 1. The minimum absolute atomic E-state index is 0.0624. The van der Waals surface area contributed by atoms with Crippen molar-refractivity contribution in [1.82, 2.24) is 14.7 Å². The standard InChI is InChI=1S/C29H37N3O4/c1-4-13-31-18-21(3)32(19-20(31)2)27(24-8-6-10-26(33)17-24)23-7-5-9-25(16-23)28(34)30-14-11-22(12-15-30)29(35)36/h4-10,16-17,20-22,27,33H,1,11-15,18-19H2,2-3H3,(H,35,36)/t20-,21+,27-/m1/s1. The van der Waals surface area contributed by atoms with Gasteiger partial charge in [0.2, 0.25) is 0 Å². The number of hydrogen-bond acceptors (Lipinski definition) is 5. The highest BCUT2D eigenvalue weighted by Crippen LogP contribution is 2.35. The maximum atomic E-state index is 13.4. The van der Waals surface area contributed by atoms with E-state index in [1.165, 1.54) is 0 Å². The molecular weight excluding hydrogens is 454 g/mol. The number of phenolic OH excluding ortho intramolecular Hbond substituents is 1. The molecule has 3 atom stereocenters. The lowest BCUT2D eigenvalue weighted by Crippen LogP contribution is -2.57. The van der Waals surface area contributed by atoms with Gasteiger partial charge in [-0.2, -0.15) is 0 Å². The van der Waals surface area contributed by atoms with Gasteiger partial charge in [-0.15, -0.1) is 6.58 Å². The molecule has 2 heterocycles. The van der Waals surface area contributed by atoms with Gasteiger partial charge in [-0.05, 0) is 62.1 Å². The number of rotatable bonds is 7.